The Kier molecular flexibility index (Phi) is 8.97. The van der Waals surface area contributed by atoms with Crippen molar-refractivity contribution in [3.05, 3.63) is 0 Å². The Morgan fingerprint density at radius 2 is 2.17 bits per heavy atom. The molecule has 1 amide bonds. The van der Waals surface area contributed by atoms with Crippen molar-refractivity contribution in [2.24, 2.45) is 0 Å². The Bertz CT molecular complexity index is 236. The van der Waals surface area contributed by atoms with Gasteiger partial charge in [0, 0.05) is 32.4 Å². The quantitative estimate of drug-likeness (QED) is 0.505. The van der Waals surface area contributed by atoms with Gasteiger partial charge in [-0.25, -0.2) is 0 Å². The van der Waals surface area contributed by atoms with Gasteiger partial charge in [0.2, 0.25) is 5.91 Å². The van der Waals surface area contributed by atoms with Crippen molar-refractivity contribution in [2.75, 3.05) is 26.9 Å². The summed E-state index contributed by atoms with van der Waals surface area (Å²) in [6, 6.07) is -0.260. The van der Waals surface area contributed by atoms with Crippen molar-refractivity contribution < 1.29 is 14.6 Å². The van der Waals surface area contributed by atoms with Crippen LogP contribution in [0.1, 0.15) is 40.0 Å². The number of rotatable bonds is 10. The molecule has 0 aliphatic rings. The largest absolute Gasteiger partial charge is 0.396 e. The SMILES string of the molecule is CCC(C)(CCO)NC(C)C(=O)NCCCOC. The summed E-state index contributed by atoms with van der Waals surface area (Å²) in [7, 11) is 1.65. The molecule has 5 nitrogen and oxygen atoms in total. The molecular formula is C13H28N2O3. The average Bonchev–Trinajstić information content (AvgIpc) is 2.34. The van der Waals surface area contributed by atoms with E-state index in [0.717, 1.165) is 12.8 Å². The van der Waals surface area contributed by atoms with Gasteiger partial charge in [0.05, 0.1) is 6.04 Å². The zero-order valence-corrected chi connectivity index (χ0v) is 12.1. The molecule has 2 unspecified atom stereocenters. The Labute approximate surface area is 110 Å². The highest BCUT2D eigenvalue weighted by Crippen LogP contribution is 2.14. The van der Waals surface area contributed by atoms with E-state index in [-0.39, 0.29) is 24.1 Å². The summed E-state index contributed by atoms with van der Waals surface area (Å²) in [5.74, 6) is -0.0104. The van der Waals surface area contributed by atoms with Crippen LogP contribution in [0.15, 0.2) is 0 Å². The first-order valence-corrected chi connectivity index (χ1v) is 6.64. The maximum absolute atomic E-state index is 11.8. The third-order valence-electron chi connectivity index (χ3n) is 3.23. The number of ether oxygens (including phenoxy) is 1. The lowest BCUT2D eigenvalue weighted by Gasteiger charge is -2.32. The molecule has 0 saturated carbocycles. The molecule has 0 aromatic carbocycles. The lowest BCUT2D eigenvalue weighted by atomic mass is 9.94. The molecule has 0 saturated heterocycles. The summed E-state index contributed by atoms with van der Waals surface area (Å²) in [5, 5.41) is 15.2. The second-order valence-corrected chi connectivity index (χ2v) is 4.89. The zero-order chi connectivity index (χ0) is 14.0. The van der Waals surface area contributed by atoms with Crippen molar-refractivity contribution in [1.82, 2.24) is 10.6 Å². The van der Waals surface area contributed by atoms with Gasteiger partial charge in [0.15, 0.2) is 0 Å². The predicted octanol–water partition coefficient (Wildman–Crippen LogP) is 0.668. The van der Waals surface area contributed by atoms with E-state index in [1.807, 2.05) is 20.8 Å². The van der Waals surface area contributed by atoms with Crippen molar-refractivity contribution in [3.63, 3.8) is 0 Å². The smallest absolute Gasteiger partial charge is 0.236 e. The lowest BCUT2D eigenvalue weighted by molar-refractivity contribution is -0.123. The number of amides is 1. The molecule has 0 aromatic heterocycles. The third-order valence-corrected chi connectivity index (χ3v) is 3.23. The Balaban J connectivity index is 4.05. The molecule has 0 spiro atoms. The minimum atomic E-state index is -0.260. The number of methoxy groups -OCH3 is 1. The van der Waals surface area contributed by atoms with Crippen LogP contribution in [0.25, 0.3) is 0 Å². The summed E-state index contributed by atoms with van der Waals surface area (Å²) in [5.41, 5.74) is -0.196. The summed E-state index contributed by atoms with van der Waals surface area (Å²) < 4.78 is 4.92. The number of carbonyl (C=O) groups is 1. The van der Waals surface area contributed by atoms with E-state index in [1.54, 1.807) is 7.11 Å². The minimum absolute atomic E-state index is 0.0104. The zero-order valence-electron chi connectivity index (χ0n) is 12.1. The van der Waals surface area contributed by atoms with Crippen LogP contribution in [0.2, 0.25) is 0 Å². The highest BCUT2D eigenvalue weighted by Gasteiger charge is 2.25. The third kappa shape index (κ3) is 6.93. The Morgan fingerprint density at radius 3 is 2.67 bits per heavy atom. The number of hydrogen-bond donors (Lipinski definition) is 3. The van der Waals surface area contributed by atoms with Gasteiger partial charge in [-0.15, -0.1) is 0 Å². The van der Waals surface area contributed by atoms with E-state index in [1.165, 1.54) is 0 Å². The molecule has 0 rings (SSSR count). The fourth-order valence-corrected chi connectivity index (χ4v) is 1.77. The van der Waals surface area contributed by atoms with Gasteiger partial charge < -0.3 is 20.5 Å². The summed E-state index contributed by atoms with van der Waals surface area (Å²) in [4.78, 5) is 11.8. The molecule has 3 N–H and O–H groups in total. The molecule has 5 heteroatoms. The molecule has 0 fully saturated rings. The first kappa shape index (κ1) is 17.4. The summed E-state index contributed by atoms with van der Waals surface area (Å²) in [6.45, 7) is 7.32. The molecule has 0 aliphatic heterocycles. The normalized spacial score (nSPS) is 16.1. The molecule has 0 aromatic rings. The van der Waals surface area contributed by atoms with Crippen molar-refractivity contribution >= 4 is 5.91 Å². The van der Waals surface area contributed by atoms with Crippen molar-refractivity contribution in [3.8, 4) is 0 Å². The van der Waals surface area contributed by atoms with Gasteiger partial charge in [-0.2, -0.15) is 0 Å². The first-order valence-electron chi connectivity index (χ1n) is 6.64. The fraction of sp³-hybridized carbons (Fsp3) is 0.923. The standard InChI is InChI=1S/C13H28N2O3/c1-5-13(3,7-9-16)15-11(2)12(17)14-8-6-10-18-4/h11,15-16H,5-10H2,1-4H3,(H,14,17). The average molecular weight is 260 g/mol. The molecule has 0 radical (unpaired) electrons. The summed E-state index contributed by atoms with van der Waals surface area (Å²) in [6.07, 6.45) is 2.33. The second kappa shape index (κ2) is 9.30. The second-order valence-electron chi connectivity index (χ2n) is 4.89. The van der Waals surface area contributed by atoms with Crippen LogP contribution >= 0.6 is 0 Å². The van der Waals surface area contributed by atoms with Crippen LogP contribution < -0.4 is 10.6 Å². The van der Waals surface area contributed by atoms with E-state index < -0.39 is 0 Å². The molecule has 2 atom stereocenters. The molecule has 0 heterocycles. The predicted molar refractivity (Wildman–Crippen MR) is 72.5 cm³/mol. The lowest BCUT2D eigenvalue weighted by Crippen LogP contribution is -2.53. The van der Waals surface area contributed by atoms with Gasteiger partial charge in [-0.05, 0) is 33.1 Å². The molecule has 0 bridgehead atoms. The minimum Gasteiger partial charge on any atom is -0.396 e. The number of aliphatic hydroxyl groups excluding tert-OH is 1. The van der Waals surface area contributed by atoms with Crippen molar-refractivity contribution in [1.29, 1.82) is 0 Å². The van der Waals surface area contributed by atoms with E-state index in [2.05, 4.69) is 10.6 Å². The van der Waals surface area contributed by atoms with Gasteiger partial charge >= 0.3 is 0 Å². The van der Waals surface area contributed by atoms with Crippen LogP contribution in [-0.4, -0.2) is 49.5 Å². The van der Waals surface area contributed by atoms with Crippen molar-refractivity contribution in [2.45, 2.75) is 51.6 Å². The maximum atomic E-state index is 11.8. The first-order chi connectivity index (χ1) is 8.49. The number of aliphatic hydroxyl groups is 1. The number of hydrogen-bond acceptors (Lipinski definition) is 4. The monoisotopic (exact) mass is 260 g/mol. The van der Waals surface area contributed by atoms with Gasteiger partial charge in [0.1, 0.15) is 0 Å². The maximum Gasteiger partial charge on any atom is 0.236 e. The van der Waals surface area contributed by atoms with Gasteiger partial charge in [-0.1, -0.05) is 6.92 Å². The van der Waals surface area contributed by atoms with Crippen LogP contribution in [-0.2, 0) is 9.53 Å². The molecular weight excluding hydrogens is 232 g/mol. The topological polar surface area (TPSA) is 70.6 Å². The fourth-order valence-electron chi connectivity index (χ4n) is 1.77. The molecule has 18 heavy (non-hydrogen) atoms. The van der Waals surface area contributed by atoms with E-state index in [4.69, 9.17) is 9.84 Å². The van der Waals surface area contributed by atoms with Crippen LogP contribution in [0.5, 0.6) is 0 Å². The molecule has 108 valence electrons. The van der Waals surface area contributed by atoms with E-state index in [0.29, 0.717) is 19.6 Å². The highest BCUT2D eigenvalue weighted by molar-refractivity contribution is 5.81. The Hall–Kier alpha value is -0.650. The van der Waals surface area contributed by atoms with Crippen LogP contribution in [0.4, 0.5) is 0 Å². The molecule has 0 aliphatic carbocycles. The Morgan fingerprint density at radius 1 is 1.50 bits per heavy atom. The van der Waals surface area contributed by atoms with Gasteiger partial charge in [0.25, 0.3) is 0 Å². The van der Waals surface area contributed by atoms with E-state index in [9.17, 15) is 4.79 Å². The van der Waals surface area contributed by atoms with Crippen LogP contribution in [0, 0.1) is 0 Å². The van der Waals surface area contributed by atoms with Gasteiger partial charge in [-0.3, -0.25) is 4.79 Å². The van der Waals surface area contributed by atoms with E-state index >= 15 is 0 Å². The highest BCUT2D eigenvalue weighted by atomic mass is 16.5. The number of carbonyl (C=O) groups excluding carboxylic acids is 1. The summed E-state index contributed by atoms with van der Waals surface area (Å²) >= 11 is 0. The number of nitrogens with one attached hydrogen (secondary N) is 2. The van der Waals surface area contributed by atoms with Crippen LogP contribution in [0.3, 0.4) is 0 Å².